The van der Waals surface area contributed by atoms with Gasteiger partial charge in [0, 0.05) is 36.9 Å². The van der Waals surface area contributed by atoms with Gasteiger partial charge in [-0.1, -0.05) is 54.7 Å². The molecule has 0 bridgehead atoms. The van der Waals surface area contributed by atoms with Crippen LogP contribution in [0.3, 0.4) is 0 Å². The molecule has 0 fully saturated rings. The first-order valence-corrected chi connectivity index (χ1v) is 19.2. The third-order valence-electron chi connectivity index (χ3n) is 8.02. The summed E-state index contributed by atoms with van der Waals surface area (Å²) < 4.78 is 75.7. The van der Waals surface area contributed by atoms with Crippen molar-refractivity contribution in [2.24, 2.45) is 0 Å². The lowest BCUT2D eigenvalue weighted by Crippen LogP contribution is -2.35. The Morgan fingerprint density at radius 2 is 1.70 bits per heavy atom. The van der Waals surface area contributed by atoms with E-state index in [0.29, 0.717) is 37.4 Å². The number of unbranched alkanes of at least 4 members (excludes halogenated alkanes) is 1. The first-order chi connectivity index (χ1) is 21.8. The summed E-state index contributed by atoms with van der Waals surface area (Å²) in [5.74, 6) is 0.440. The molecule has 0 saturated heterocycles. The van der Waals surface area contributed by atoms with Crippen LogP contribution >= 0.6 is 11.3 Å². The van der Waals surface area contributed by atoms with E-state index in [0.717, 1.165) is 43.2 Å². The van der Waals surface area contributed by atoms with Crippen LogP contribution in [0, 0.1) is 13.8 Å². The van der Waals surface area contributed by atoms with E-state index in [4.69, 9.17) is 4.74 Å². The number of thiazole rings is 1. The average Bonchev–Trinajstić information content (AvgIpc) is 3.50. The Labute approximate surface area is 275 Å². The van der Waals surface area contributed by atoms with Gasteiger partial charge < -0.3 is 14.2 Å². The van der Waals surface area contributed by atoms with E-state index in [2.05, 4.69) is 36.6 Å². The van der Waals surface area contributed by atoms with Crippen LogP contribution in [0.5, 0.6) is 5.75 Å². The zero-order valence-corrected chi connectivity index (χ0v) is 28.6. The minimum Gasteiger partial charge on any atom is -0.748 e. The molecule has 1 aliphatic rings. The molecule has 46 heavy (non-hydrogen) atoms. The number of allylic oxidation sites excluding steroid dienone is 2. The van der Waals surface area contributed by atoms with Crippen molar-refractivity contribution in [3.63, 3.8) is 0 Å². The molecule has 244 valence electrons. The van der Waals surface area contributed by atoms with Crippen molar-refractivity contribution in [1.29, 1.82) is 0 Å². The van der Waals surface area contributed by atoms with Gasteiger partial charge in [-0.3, -0.25) is 4.55 Å². The van der Waals surface area contributed by atoms with Crippen LogP contribution in [0.15, 0.2) is 78.2 Å². The van der Waals surface area contributed by atoms with Gasteiger partial charge in [0.05, 0.1) is 21.6 Å². The zero-order chi connectivity index (χ0) is 33.1. The van der Waals surface area contributed by atoms with Gasteiger partial charge in [0.15, 0.2) is 12.3 Å². The normalized spacial score (nSPS) is 14.7. The van der Waals surface area contributed by atoms with E-state index in [1.807, 2.05) is 66.4 Å². The van der Waals surface area contributed by atoms with Crippen molar-refractivity contribution in [3.8, 4) is 16.9 Å². The maximum atomic E-state index is 11.4. The van der Waals surface area contributed by atoms with E-state index in [-0.39, 0.29) is 18.7 Å². The van der Waals surface area contributed by atoms with Gasteiger partial charge in [-0.05, 0) is 79.1 Å². The highest BCUT2D eigenvalue weighted by Gasteiger charge is 2.28. The molecule has 1 aliphatic heterocycles. The maximum absolute atomic E-state index is 11.4. The van der Waals surface area contributed by atoms with Crippen LogP contribution in [-0.4, -0.2) is 44.0 Å². The Morgan fingerprint density at radius 3 is 2.39 bits per heavy atom. The van der Waals surface area contributed by atoms with Crippen molar-refractivity contribution in [2.45, 2.75) is 53.0 Å². The molecule has 1 aromatic heterocycles. The van der Waals surface area contributed by atoms with Crippen molar-refractivity contribution in [2.75, 3.05) is 23.0 Å². The fraction of sp³-hybridized carbons (Fsp3) is 0.324. The lowest BCUT2D eigenvalue weighted by atomic mass is 10.0. The van der Waals surface area contributed by atoms with Crippen LogP contribution in [0.1, 0.15) is 48.7 Å². The standard InChI is InChI=1S/C34H38N2O7S3/c1-4-26(22-34-36(15-8-9-17-45(37,38)39)30-19-24(2)25(3)20-32(30)44-34)21-33-35(16-10-18-46(40,41)42)29-23-28(13-14-31(29)43-33)27-11-6-5-7-12-27/h5-7,11-14,19-23H,4,8-10,15-18H2,1-3H3,(H-,37,38,39,40,41,42). The smallest absolute Gasteiger partial charge is 0.264 e. The number of rotatable bonds is 13. The SMILES string of the molecule is CCC(=Cc1sc2cc(C)c(C)cc2[n+]1CCCCS(=O)(=O)O)C=C1Oc2ccc(-c3ccccc3)cc2N1CCCS(=O)(=O)[O-]. The molecular formula is C34H38N2O7S3. The van der Waals surface area contributed by atoms with Gasteiger partial charge in [0.2, 0.25) is 11.4 Å². The monoisotopic (exact) mass is 682 g/mol. The molecule has 0 aliphatic carbocycles. The van der Waals surface area contributed by atoms with Crippen molar-refractivity contribution in [3.05, 3.63) is 94.3 Å². The summed E-state index contributed by atoms with van der Waals surface area (Å²) in [6.45, 7) is 7.05. The van der Waals surface area contributed by atoms with E-state index >= 15 is 0 Å². The summed E-state index contributed by atoms with van der Waals surface area (Å²) in [5, 5.41) is 0.992. The Balaban J connectivity index is 1.52. The van der Waals surface area contributed by atoms with Gasteiger partial charge in [0.1, 0.15) is 4.70 Å². The quantitative estimate of drug-likeness (QED) is 0.0948. The molecule has 0 spiro atoms. The van der Waals surface area contributed by atoms with E-state index in [1.165, 1.54) is 5.56 Å². The lowest BCUT2D eigenvalue weighted by molar-refractivity contribution is -0.669. The molecule has 3 aromatic carbocycles. The van der Waals surface area contributed by atoms with Gasteiger partial charge in [-0.25, -0.2) is 8.42 Å². The highest BCUT2D eigenvalue weighted by molar-refractivity contribution is 7.85. The van der Waals surface area contributed by atoms with Crippen LogP contribution < -0.4 is 14.2 Å². The van der Waals surface area contributed by atoms with Gasteiger partial charge in [0.25, 0.3) is 15.1 Å². The van der Waals surface area contributed by atoms with Gasteiger partial charge >= 0.3 is 0 Å². The number of ether oxygens (including phenoxy) is 1. The minimum atomic E-state index is -4.37. The molecule has 0 saturated carbocycles. The highest BCUT2D eigenvalue weighted by atomic mass is 32.2. The number of aryl methyl sites for hydroxylation is 3. The van der Waals surface area contributed by atoms with E-state index < -0.39 is 26.0 Å². The number of hydrogen-bond donors (Lipinski definition) is 1. The predicted molar refractivity (Wildman–Crippen MR) is 183 cm³/mol. The third kappa shape index (κ3) is 8.42. The second-order valence-electron chi connectivity index (χ2n) is 11.5. The summed E-state index contributed by atoms with van der Waals surface area (Å²) in [7, 11) is -8.39. The Kier molecular flexibility index (Phi) is 10.3. The molecule has 0 radical (unpaired) electrons. The third-order valence-corrected chi connectivity index (χ3v) is 10.7. The largest absolute Gasteiger partial charge is 0.748 e. The van der Waals surface area contributed by atoms with Gasteiger partial charge in [-0.15, -0.1) is 0 Å². The van der Waals surface area contributed by atoms with E-state index in [1.54, 1.807) is 11.3 Å². The highest BCUT2D eigenvalue weighted by Crippen LogP contribution is 2.42. The molecule has 1 N–H and O–H groups in total. The Morgan fingerprint density at radius 1 is 0.957 bits per heavy atom. The average molecular weight is 683 g/mol. The Hall–Kier alpha value is -3.55. The van der Waals surface area contributed by atoms with Crippen LogP contribution in [0.4, 0.5) is 5.69 Å². The molecule has 0 atom stereocenters. The number of aromatic nitrogens is 1. The summed E-state index contributed by atoms with van der Waals surface area (Å²) in [6.07, 6.45) is 5.80. The number of fused-ring (bicyclic) bond motifs is 2. The minimum absolute atomic E-state index is 0.144. The topological polar surface area (TPSA) is 128 Å². The fourth-order valence-electron chi connectivity index (χ4n) is 5.46. The summed E-state index contributed by atoms with van der Waals surface area (Å²) >= 11 is 1.65. The fourth-order valence-corrected chi connectivity index (χ4v) is 7.75. The Bertz CT molecular complexity index is 2020. The van der Waals surface area contributed by atoms with Crippen LogP contribution in [0.2, 0.25) is 0 Å². The number of benzene rings is 3. The first-order valence-electron chi connectivity index (χ1n) is 15.2. The van der Waals surface area contributed by atoms with E-state index in [9.17, 15) is 25.9 Å². The molecule has 0 unspecified atom stereocenters. The lowest BCUT2D eigenvalue weighted by Gasteiger charge is -2.19. The molecule has 2 heterocycles. The molecule has 5 rings (SSSR count). The van der Waals surface area contributed by atoms with Crippen LogP contribution in [0.25, 0.3) is 27.4 Å². The molecular weight excluding hydrogens is 645 g/mol. The second kappa shape index (κ2) is 14.1. The number of nitrogens with zero attached hydrogens (tertiary/aromatic N) is 2. The molecule has 12 heteroatoms. The molecule has 4 aromatic rings. The van der Waals surface area contributed by atoms with Crippen molar-refractivity contribution >= 4 is 53.6 Å². The zero-order valence-electron chi connectivity index (χ0n) is 26.1. The first kappa shape index (κ1) is 33.8. The second-order valence-corrected chi connectivity index (χ2v) is 15.6. The number of hydrogen-bond acceptors (Lipinski definition) is 8. The van der Waals surface area contributed by atoms with Gasteiger partial charge in [-0.2, -0.15) is 13.0 Å². The van der Waals surface area contributed by atoms with Crippen LogP contribution in [-0.2, 0) is 26.8 Å². The van der Waals surface area contributed by atoms with Crippen molar-refractivity contribution in [1.82, 2.24) is 0 Å². The maximum Gasteiger partial charge on any atom is 0.264 e. The predicted octanol–water partition coefficient (Wildman–Crippen LogP) is 6.61. The van der Waals surface area contributed by atoms with Crippen molar-refractivity contribution < 1.29 is 35.2 Å². The molecule has 0 amide bonds. The summed E-state index contributed by atoms with van der Waals surface area (Å²) in [4.78, 5) is 1.93. The summed E-state index contributed by atoms with van der Waals surface area (Å²) in [6, 6.07) is 20.2. The summed E-state index contributed by atoms with van der Waals surface area (Å²) in [5.41, 5.74) is 7.20. The molecule has 9 nitrogen and oxygen atoms in total. The number of anilines is 1.